The Balaban J connectivity index is 2.33. The second-order valence-corrected chi connectivity index (χ2v) is 3.25. The van der Waals surface area contributed by atoms with E-state index in [0.29, 0.717) is 19.7 Å². The van der Waals surface area contributed by atoms with Crippen LogP contribution >= 0.6 is 0 Å². The lowest BCUT2D eigenvalue weighted by Crippen LogP contribution is -2.41. The summed E-state index contributed by atoms with van der Waals surface area (Å²) >= 11 is 0. The normalized spacial score (nSPS) is 16.7. The van der Waals surface area contributed by atoms with Crippen LogP contribution in [-0.2, 0) is 9.53 Å². The molecule has 0 aromatic carbocycles. The van der Waals surface area contributed by atoms with Gasteiger partial charge in [0.05, 0.1) is 19.5 Å². The molecule has 1 atom stereocenters. The Kier molecular flexibility index (Phi) is 4.83. The van der Waals surface area contributed by atoms with Gasteiger partial charge in [-0.1, -0.05) is 6.08 Å². The molecule has 0 fully saturated rings. The van der Waals surface area contributed by atoms with Crippen LogP contribution in [0.1, 0.15) is 12.8 Å². The van der Waals surface area contributed by atoms with Gasteiger partial charge < -0.3 is 14.7 Å². The molecular weight excluding hydrogens is 196 g/mol. The number of carboxylic acids is 1. The molecule has 1 aliphatic rings. The highest BCUT2D eigenvalue weighted by atomic mass is 16.5. The average molecular weight is 212 g/mol. The molecule has 0 aromatic rings. The Labute approximate surface area is 89.1 Å². The Hall–Kier alpha value is -1.36. The number of unbranched alkanes of at least 4 members (excludes halogenated alkanes) is 1. The summed E-state index contributed by atoms with van der Waals surface area (Å²) in [5, 5.41) is 8.94. The van der Waals surface area contributed by atoms with Gasteiger partial charge in [-0.3, -0.25) is 4.99 Å². The van der Waals surface area contributed by atoms with Crippen molar-refractivity contribution in [2.75, 3.05) is 19.7 Å². The number of carbonyl (C=O) groups is 1. The van der Waals surface area contributed by atoms with E-state index < -0.39 is 12.2 Å². The summed E-state index contributed by atoms with van der Waals surface area (Å²) in [4.78, 5) is 16.4. The standard InChI is InChI=1S/C10H16N2O3/c1-2-3-4-7-15-9(10(13)14)12-6-5-11-8-12/h2,8-9H,1,3-7H2,(H,13,14). The van der Waals surface area contributed by atoms with Crippen LogP contribution in [0.15, 0.2) is 17.6 Å². The van der Waals surface area contributed by atoms with Gasteiger partial charge in [0.1, 0.15) is 0 Å². The monoisotopic (exact) mass is 212 g/mol. The van der Waals surface area contributed by atoms with Crippen LogP contribution in [-0.4, -0.2) is 48.2 Å². The summed E-state index contributed by atoms with van der Waals surface area (Å²) in [6.45, 7) is 5.26. The second-order valence-electron chi connectivity index (χ2n) is 3.25. The van der Waals surface area contributed by atoms with E-state index in [1.165, 1.54) is 6.34 Å². The van der Waals surface area contributed by atoms with Gasteiger partial charge in [-0.25, -0.2) is 4.79 Å². The van der Waals surface area contributed by atoms with Crippen LogP contribution < -0.4 is 0 Å². The van der Waals surface area contributed by atoms with E-state index in [-0.39, 0.29) is 0 Å². The third kappa shape index (κ3) is 3.71. The van der Waals surface area contributed by atoms with E-state index >= 15 is 0 Å². The van der Waals surface area contributed by atoms with Crippen molar-refractivity contribution in [1.29, 1.82) is 0 Å². The van der Waals surface area contributed by atoms with Crippen LogP contribution in [0.3, 0.4) is 0 Å². The minimum Gasteiger partial charge on any atom is -0.478 e. The fourth-order valence-electron chi connectivity index (χ4n) is 1.30. The Morgan fingerprint density at radius 1 is 1.80 bits per heavy atom. The van der Waals surface area contributed by atoms with Crippen molar-refractivity contribution in [2.24, 2.45) is 4.99 Å². The highest BCUT2D eigenvalue weighted by Crippen LogP contribution is 2.05. The topological polar surface area (TPSA) is 62.1 Å². The molecule has 0 aromatic heterocycles. The van der Waals surface area contributed by atoms with Crippen molar-refractivity contribution in [1.82, 2.24) is 4.90 Å². The van der Waals surface area contributed by atoms with Crippen molar-refractivity contribution < 1.29 is 14.6 Å². The van der Waals surface area contributed by atoms with E-state index in [9.17, 15) is 4.79 Å². The van der Waals surface area contributed by atoms with Crippen molar-refractivity contribution in [2.45, 2.75) is 19.1 Å². The maximum atomic E-state index is 10.9. The minimum atomic E-state index is -0.970. The summed E-state index contributed by atoms with van der Waals surface area (Å²) in [5.41, 5.74) is 0. The van der Waals surface area contributed by atoms with Crippen molar-refractivity contribution >= 4 is 12.3 Å². The molecule has 84 valence electrons. The lowest BCUT2D eigenvalue weighted by Gasteiger charge is -2.22. The molecule has 1 aliphatic heterocycles. The van der Waals surface area contributed by atoms with Gasteiger partial charge in [-0.05, 0) is 12.8 Å². The first-order chi connectivity index (χ1) is 7.25. The molecule has 1 unspecified atom stereocenters. The molecule has 5 nitrogen and oxygen atoms in total. The largest absolute Gasteiger partial charge is 0.478 e. The van der Waals surface area contributed by atoms with Crippen LogP contribution in [0, 0.1) is 0 Å². The maximum Gasteiger partial charge on any atom is 0.354 e. The number of nitrogens with zero attached hydrogens (tertiary/aromatic N) is 2. The molecular formula is C10H16N2O3. The Morgan fingerprint density at radius 2 is 2.60 bits per heavy atom. The summed E-state index contributed by atoms with van der Waals surface area (Å²) in [5.74, 6) is -0.970. The predicted molar refractivity (Wildman–Crippen MR) is 56.9 cm³/mol. The molecule has 1 heterocycles. The fourth-order valence-corrected chi connectivity index (χ4v) is 1.30. The van der Waals surface area contributed by atoms with Crippen molar-refractivity contribution in [3.8, 4) is 0 Å². The Morgan fingerprint density at radius 3 is 3.13 bits per heavy atom. The number of hydrogen-bond acceptors (Lipinski definition) is 4. The quantitative estimate of drug-likeness (QED) is 0.499. The van der Waals surface area contributed by atoms with Gasteiger partial charge in [0.15, 0.2) is 0 Å². The second kappa shape index (κ2) is 6.19. The molecule has 0 spiro atoms. The number of rotatable bonds is 7. The smallest absolute Gasteiger partial charge is 0.354 e. The highest BCUT2D eigenvalue weighted by Gasteiger charge is 2.25. The molecule has 5 heteroatoms. The summed E-state index contributed by atoms with van der Waals surface area (Å²) in [7, 11) is 0. The van der Waals surface area contributed by atoms with Gasteiger partial charge in [-0.2, -0.15) is 0 Å². The summed E-state index contributed by atoms with van der Waals surface area (Å²) < 4.78 is 5.28. The SMILES string of the molecule is C=CCCCOC(C(=O)O)N1C=NCC1. The van der Waals surface area contributed by atoms with Crippen LogP contribution in [0.2, 0.25) is 0 Å². The third-order valence-electron chi connectivity index (χ3n) is 2.06. The zero-order chi connectivity index (χ0) is 11.1. The minimum absolute atomic E-state index is 0.424. The number of hydrogen-bond donors (Lipinski definition) is 1. The number of aliphatic carboxylic acids is 1. The van der Waals surface area contributed by atoms with E-state index in [4.69, 9.17) is 9.84 Å². The average Bonchev–Trinajstić information content (AvgIpc) is 2.70. The van der Waals surface area contributed by atoms with E-state index in [0.717, 1.165) is 12.8 Å². The van der Waals surface area contributed by atoms with Gasteiger partial charge >= 0.3 is 5.97 Å². The van der Waals surface area contributed by atoms with Crippen molar-refractivity contribution in [3.05, 3.63) is 12.7 Å². The fraction of sp³-hybridized carbons (Fsp3) is 0.600. The first-order valence-electron chi connectivity index (χ1n) is 4.96. The van der Waals surface area contributed by atoms with E-state index in [1.807, 2.05) is 0 Å². The van der Waals surface area contributed by atoms with Crippen LogP contribution in [0.25, 0.3) is 0 Å². The molecule has 0 radical (unpaired) electrons. The number of carboxylic acid groups (broad SMARTS) is 1. The van der Waals surface area contributed by atoms with Gasteiger partial charge in [0.25, 0.3) is 0 Å². The molecule has 0 bridgehead atoms. The number of aliphatic imine (C=N–C) groups is 1. The Bertz CT molecular complexity index is 253. The first-order valence-corrected chi connectivity index (χ1v) is 4.96. The zero-order valence-electron chi connectivity index (χ0n) is 8.63. The van der Waals surface area contributed by atoms with E-state index in [2.05, 4.69) is 11.6 Å². The number of ether oxygens (including phenoxy) is 1. The van der Waals surface area contributed by atoms with E-state index in [1.54, 1.807) is 11.0 Å². The molecule has 0 aliphatic carbocycles. The first kappa shape index (κ1) is 11.7. The van der Waals surface area contributed by atoms with Gasteiger partial charge in [0, 0.05) is 6.54 Å². The van der Waals surface area contributed by atoms with Crippen LogP contribution in [0.4, 0.5) is 0 Å². The predicted octanol–water partition coefficient (Wildman–Crippen LogP) is 0.724. The maximum absolute atomic E-state index is 10.9. The van der Waals surface area contributed by atoms with Crippen LogP contribution in [0.5, 0.6) is 0 Å². The van der Waals surface area contributed by atoms with Gasteiger partial charge in [-0.15, -0.1) is 6.58 Å². The molecule has 0 amide bonds. The highest BCUT2D eigenvalue weighted by molar-refractivity contribution is 5.76. The lowest BCUT2D eigenvalue weighted by atomic mass is 10.3. The summed E-state index contributed by atoms with van der Waals surface area (Å²) in [6.07, 6.45) is 4.04. The molecule has 0 saturated carbocycles. The van der Waals surface area contributed by atoms with Crippen molar-refractivity contribution in [3.63, 3.8) is 0 Å². The molecule has 1 N–H and O–H groups in total. The summed E-state index contributed by atoms with van der Waals surface area (Å²) in [6, 6.07) is 0. The molecule has 0 saturated heterocycles. The zero-order valence-corrected chi connectivity index (χ0v) is 8.63. The molecule has 15 heavy (non-hydrogen) atoms. The van der Waals surface area contributed by atoms with Gasteiger partial charge in [0.2, 0.25) is 6.23 Å². The lowest BCUT2D eigenvalue weighted by molar-refractivity contribution is -0.159. The molecule has 1 rings (SSSR count). The third-order valence-corrected chi connectivity index (χ3v) is 2.06. The number of allylic oxidation sites excluding steroid dienone is 1.